The highest BCUT2D eigenvalue weighted by atomic mass is 16.5. The number of ether oxygens (including phenoxy) is 1. The number of amides is 1. The number of nitrogens with two attached hydrogens (primary N) is 1. The maximum absolute atomic E-state index is 11.1. The lowest BCUT2D eigenvalue weighted by atomic mass is 10.2. The number of carbonyl (C=O) groups excluding carboxylic acids is 1. The predicted octanol–water partition coefficient (Wildman–Crippen LogP) is 2.36. The van der Waals surface area contributed by atoms with Gasteiger partial charge in [0.15, 0.2) is 0 Å². The molecule has 0 atom stereocenters. The number of benzene rings is 1. The number of hydrogen-bond acceptors (Lipinski definition) is 4. The van der Waals surface area contributed by atoms with Crippen LogP contribution < -0.4 is 10.5 Å². The standard InChI is InChI=1S/C18H23N3O2/c1-14(2)21(12-18(19)22)11-15-6-8-17(9-7-15)23-13-16-5-3-4-10-20-16/h3-10,14H,11-13H2,1-2H3,(H2,19,22). The summed E-state index contributed by atoms with van der Waals surface area (Å²) in [5.74, 6) is 0.486. The van der Waals surface area contributed by atoms with Crippen molar-refractivity contribution >= 4 is 5.91 Å². The van der Waals surface area contributed by atoms with Gasteiger partial charge >= 0.3 is 0 Å². The third kappa shape index (κ3) is 5.71. The Labute approximate surface area is 137 Å². The number of pyridine rings is 1. The monoisotopic (exact) mass is 313 g/mol. The van der Waals surface area contributed by atoms with Gasteiger partial charge in [-0.15, -0.1) is 0 Å². The Morgan fingerprint density at radius 1 is 1.22 bits per heavy atom. The van der Waals surface area contributed by atoms with E-state index in [0.29, 0.717) is 13.2 Å². The van der Waals surface area contributed by atoms with Crippen molar-refractivity contribution < 1.29 is 9.53 Å². The Kier molecular flexibility index (Phi) is 6.11. The molecule has 2 N–H and O–H groups in total. The Hall–Kier alpha value is -2.40. The largest absolute Gasteiger partial charge is 0.487 e. The smallest absolute Gasteiger partial charge is 0.231 e. The summed E-state index contributed by atoms with van der Waals surface area (Å²) in [5.41, 5.74) is 7.31. The molecule has 5 heteroatoms. The van der Waals surface area contributed by atoms with Gasteiger partial charge in [-0.25, -0.2) is 0 Å². The zero-order chi connectivity index (χ0) is 16.7. The molecule has 0 aliphatic rings. The van der Waals surface area contributed by atoms with E-state index in [9.17, 15) is 4.79 Å². The van der Waals surface area contributed by atoms with Crippen molar-refractivity contribution in [2.24, 2.45) is 5.73 Å². The van der Waals surface area contributed by atoms with Crippen molar-refractivity contribution in [2.45, 2.75) is 33.0 Å². The second kappa shape index (κ2) is 8.29. The van der Waals surface area contributed by atoms with Crippen LogP contribution in [0.5, 0.6) is 5.75 Å². The van der Waals surface area contributed by atoms with E-state index in [1.807, 2.05) is 61.2 Å². The minimum absolute atomic E-state index is 0.252. The zero-order valence-electron chi connectivity index (χ0n) is 13.6. The van der Waals surface area contributed by atoms with E-state index in [1.54, 1.807) is 6.20 Å². The van der Waals surface area contributed by atoms with Gasteiger partial charge in [0, 0.05) is 18.8 Å². The van der Waals surface area contributed by atoms with Crippen LogP contribution in [0.25, 0.3) is 0 Å². The van der Waals surface area contributed by atoms with Crippen LogP contribution in [0.15, 0.2) is 48.7 Å². The topological polar surface area (TPSA) is 68.5 Å². The van der Waals surface area contributed by atoms with Crippen LogP contribution in [0, 0.1) is 0 Å². The van der Waals surface area contributed by atoms with Crippen LogP contribution >= 0.6 is 0 Å². The fourth-order valence-corrected chi connectivity index (χ4v) is 2.19. The summed E-state index contributed by atoms with van der Waals surface area (Å²) >= 11 is 0. The molecule has 0 radical (unpaired) electrons. The van der Waals surface area contributed by atoms with Crippen molar-refractivity contribution in [1.82, 2.24) is 9.88 Å². The Morgan fingerprint density at radius 2 is 1.96 bits per heavy atom. The normalized spacial score (nSPS) is 11.0. The first-order valence-electron chi connectivity index (χ1n) is 7.68. The quantitative estimate of drug-likeness (QED) is 0.812. The van der Waals surface area contributed by atoms with Crippen molar-refractivity contribution in [1.29, 1.82) is 0 Å². The minimum atomic E-state index is -0.311. The van der Waals surface area contributed by atoms with E-state index in [0.717, 1.165) is 17.0 Å². The molecule has 5 nitrogen and oxygen atoms in total. The molecular formula is C18H23N3O2. The summed E-state index contributed by atoms with van der Waals surface area (Å²) in [6, 6.07) is 13.9. The molecule has 0 bridgehead atoms. The van der Waals surface area contributed by atoms with Gasteiger partial charge in [0.1, 0.15) is 12.4 Å². The van der Waals surface area contributed by atoms with E-state index < -0.39 is 0 Å². The molecule has 1 aromatic heterocycles. The van der Waals surface area contributed by atoms with Gasteiger partial charge in [-0.05, 0) is 43.7 Å². The molecule has 1 amide bonds. The van der Waals surface area contributed by atoms with Crippen molar-refractivity contribution in [2.75, 3.05) is 6.54 Å². The van der Waals surface area contributed by atoms with Crippen molar-refractivity contribution in [3.8, 4) is 5.75 Å². The summed E-state index contributed by atoms with van der Waals surface area (Å²) in [7, 11) is 0. The van der Waals surface area contributed by atoms with Crippen LogP contribution in [0.4, 0.5) is 0 Å². The second-order valence-electron chi connectivity index (χ2n) is 5.72. The highest BCUT2D eigenvalue weighted by Gasteiger charge is 2.12. The average molecular weight is 313 g/mol. The van der Waals surface area contributed by atoms with E-state index in [2.05, 4.69) is 4.98 Å². The Balaban J connectivity index is 1.92. The molecule has 0 fully saturated rings. The lowest BCUT2D eigenvalue weighted by Crippen LogP contribution is -2.37. The second-order valence-corrected chi connectivity index (χ2v) is 5.72. The Morgan fingerprint density at radius 3 is 2.52 bits per heavy atom. The van der Waals surface area contributed by atoms with Crippen molar-refractivity contribution in [3.63, 3.8) is 0 Å². The average Bonchev–Trinajstić information content (AvgIpc) is 2.54. The number of aromatic nitrogens is 1. The maximum atomic E-state index is 11.1. The molecule has 0 saturated carbocycles. The van der Waals surface area contributed by atoms with Crippen LogP contribution in [-0.4, -0.2) is 28.4 Å². The first-order valence-corrected chi connectivity index (χ1v) is 7.68. The highest BCUT2D eigenvalue weighted by molar-refractivity contribution is 5.75. The Bertz CT molecular complexity index is 612. The van der Waals surface area contributed by atoms with Crippen LogP contribution in [0.1, 0.15) is 25.1 Å². The summed E-state index contributed by atoms with van der Waals surface area (Å²) < 4.78 is 5.71. The van der Waals surface area contributed by atoms with Gasteiger partial charge in [0.05, 0.1) is 12.2 Å². The van der Waals surface area contributed by atoms with Gasteiger partial charge in [-0.2, -0.15) is 0 Å². The minimum Gasteiger partial charge on any atom is -0.487 e. The van der Waals surface area contributed by atoms with Gasteiger partial charge < -0.3 is 10.5 Å². The number of nitrogens with zero attached hydrogens (tertiary/aromatic N) is 2. The fourth-order valence-electron chi connectivity index (χ4n) is 2.19. The van der Waals surface area contributed by atoms with Crippen LogP contribution in [0.3, 0.4) is 0 Å². The molecule has 1 aromatic carbocycles. The number of rotatable bonds is 8. The lowest BCUT2D eigenvalue weighted by molar-refractivity contribution is -0.119. The fraction of sp³-hybridized carbons (Fsp3) is 0.333. The van der Waals surface area contributed by atoms with Gasteiger partial charge in [-0.1, -0.05) is 18.2 Å². The first-order chi connectivity index (χ1) is 11.0. The molecule has 23 heavy (non-hydrogen) atoms. The van der Waals surface area contributed by atoms with Gasteiger partial charge in [0.2, 0.25) is 5.91 Å². The molecule has 1 heterocycles. The third-order valence-corrected chi connectivity index (χ3v) is 3.51. The highest BCUT2D eigenvalue weighted by Crippen LogP contribution is 2.16. The molecule has 0 unspecified atom stereocenters. The number of carbonyl (C=O) groups is 1. The van der Waals surface area contributed by atoms with E-state index in [4.69, 9.17) is 10.5 Å². The molecule has 122 valence electrons. The van der Waals surface area contributed by atoms with E-state index >= 15 is 0 Å². The van der Waals surface area contributed by atoms with Crippen LogP contribution in [-0.2, 0) is 17.9 Å². The molecule has 0 aliphatic carbocycles. The number of hydrogen-bond donors (Lipinski definition) is 1. The molecule has 2 rings (SSSR count). The number of primary amides is 1. The predicted molar refractivity (Wildman–Crippen MR) is 89.8 cm³/mol. The molecule has 0 aliphatic heterocycles. The van der Waals surface area contributed by atoms with Gasteiger partial charge in [-0.3, -0.25) is 14.7 Å². The maximum Gasteiger partial charge on any atom is 0.231 e. The summed E-state index contributed by atoms with van der Waals surface area (Å²) in [4.78, 5) is 17.4. The van der Waals surface area contributed by atoms with Crippen molar-refractivity contribution in [3.05, 3.63) is 59.9 Å². The van der Waals surface area contributed by atoms with E-state index in [-0.39, 0.29) is 18.5 Å². The summed E-state index contributed by atoms with van der Waals surface area (Å²) in [6.07, 6.45) is 1.75. The lowest BCUT2D eigenvalue weighted by Gasteiger charge is -2.25. The summed E-state index contributed by atoms with van der Waals surface area (Å²) in [5, 5.41) is 0. The molecule has 0 saturated heterocycles. The first kappa shape index (κ1) is 17.0. The molecular weight excluding hydrogens is 290 g/mol. The summed E-state index contributed by atoms with van der Waals surface area (Å²) in [6.45, 7) is 5.48. The third-order valence-electron chi connectivity index (χ3n) is 3.51. The van der Waals surface area contributed by atoms with E-state index in [1.165, 1.54) is 0 Å². The van der Waals surface area contributed by atoms with Crippen LogP contribution in [0.2, 0.25) is 0 Å². The zero-order valence-corrected chi connectivity index (χ0v) is 13.6. The molecule has 2 aromatic rings. The SMILES string of the molecule is CC(C)N(CC(N)=O)Cc1ccc(OCc2ccccn2)cc1. The molecule has 0 spiro atoms. The van der Waals surface area contributed by atoms with Gasteiger partial charge in [0.25, 0.3) is 0 Å².